The van der Waals surface area contributed by atoms with Gasteiger partial charge in [0.1, 0.15) is 11.6 Å². The quantitative estimate of drug-likeness (QED) is 0.349. The van der Waals surface area contributed by atoms with Crippen LogP contribution in [0.2, 0.25) is 5.02 Å². The van der Waals surface area contributed by atoms with Crippen molar-refractivity contribution in [1.29, 1.82) is 0 Å². The maximum atomic E-state index is 13.5. The summed E-state index contributed by atoms with van der Waals surface area (Å²) in [6.45, 7) is 1.89. The monoisotopic (exact) mass is 421 g/mol. The summed E-state index contributed by atoms with van der Waals surface area (Å²) in [6, 6.07) is 18.2. The lowest BCUT2D eigenvalue weighted by Crippen LogP contribution is -2.29. The Bertz CT molecular complexity index is 1190. The molecule has 1 unspecified atom stereocenters. The molecule has 0 saturated carbocycles. The van der Waals surface area contributed by atoms with Gasteiger partial charge in [0, 0.05) is 16.3 Å². The number of aliphatic hydroxyl groups excluding tert-OH is 1. The Morgan fingerprint density at radius 1 is 1.00 bits per heavy atom. The summed E-state index contributed by atoms with van der Waals surface area (Å²) in [5.41, 5.74) is 2.23. The Morgan fingerprint density at radius 2 is 1.70 bits per heavy atom. The van der Waals surface area contributed by atoms with Crippen LogP contribution in [0.3, 0.4) is 0 Å². The first kappa shape index (κ1) is 19.9. The van der Waals surface area contributed by atoms with Gasteiger partial charge in [-0.1, -0.05) is 53.6 Å². The number of ketones is 1. The molecule has 0 bridgehead atoms. The number of hydrogen-bond acceptors (Lipinski definition) is 3. The van der Waals surface area contributed by atoms with E-state index in [4.69, 9.17) is 11.6 Å². The van der Waals surface area contributed by atoms with Crippen LogP contribution >= 0.6 is 11.6 Å². The highest BCUT2D eigenvalue weighted by atomic mass is 35.5. The fourth-order valence-corrected chi connectivity index (χ4v) is 3.84. The van der Waals surface area contributed by atoms with Gasteiger partial charge in [0.15, 0.2) is 0 Å². The van der Waals surface area contributed by atoms with Crippen LogP contribution in [0.25, 0.3) is 5.76 Å². The molecule has 150 valence electrons. The Balaban J connectivity index is 1.96. The molecule has 1 N–H and O–H groups in total. The highest BCUT2D eigenvalue weighted by Crippen LogP contribution is 2.42. The molecule has 6 heteroatoms. The molecule has 1 aliphatic heterocycles. The minimum absolute atomic E-state index is 0.0443. The van der Waals surface area contributed by atoms with E-state index in [-0.39, 0.29) is 11.3 Å². The third kappa shape index (κ3) is 3.48. The number of nitrogens with zero attached hydrogens (tertiary/aromatic N) is 1. The van der Waals surface area contributed by atoms with Crippen molar-refractivity contribution in [2.24, 2.45) is 0 Å². The van der Waals surface area contributed by atoms with E-state index in [1.807, 2.05) is 25.1 Å². The largest absolute Gasteiger partial charge is 0.507 e. The summed E-state index contributed by atoms with van der Waals surface area (Å²) >= 11 is 6.04. The zero-order valence-corrected chi connectivity index (χ0v) is 16.7. The summed E-state index contributed by atoms with van der Waals surface area (Å²) in [5.74, 6) is -2.38. The summed E-state index contributed by atoms with van der Waals surface area (Å²) in [6.07, 6.45) is 0. The molecule has 0 spiro atoms. The third-order valence-corrected chi connectivity index (χ3v) is 5.24. The molecule has 4 rings (SSSR count). The molecule has 1 amide bonds. The van der Waals surface area contributed by atoms with Crippen molar-refractivity contribution in [3.63, 3.8) is 0 Å². The standard InChI is InChI=1S/C24H17ClFNO3/c1-14-4-2-5-15(12-14)21-20(22(28)16-6-3-7-17(25)13-16)23(29)24(30)27(21)19-10-8-18(26)9-11-19/h2-13,21,28H,1H3/b22-20-. The van der Waals surface area contributed by atoms with Gasteiger partial charge in [-0.2, -0.15) is 0 Å². The number of carbonyl (C=O) groups is 2. The van der Waals surface area contributed by atoms with Gasteiger partial charge in [-0.25, -0.2) is 4.39 Å². The van der Waals surface area contributed by atoms with E-state index in [0.717, 1.165) is 5.56 Å². The van der Waals surface area contributed by atoms with Crippen LogP contribution in [0.15, 0.2) is 78.4 Å². The molecule has 3 aromatic carbocycles. The van der Waals surface area contributed by atoms with Crippen molar-refractivity contribution >= 4 is 34.7 Å². The molecular formula is C24H17ClFNO3. The molecule has 1 atom stereocenters. The van der Waals surface area contributed by atoms with Crippen molar-refractivity contribution in [1.82, 2.24) is 0 Å². The van der Waals surface area contributed by atoms with Crippen molar-refractivity contribution < 1.29 is 19.1 Å². The van der Waals surface area contributed by atoms with Gasteiger partial charge in [-0.05, 0) is 48.9 Å². The SMILES string of the molecule is Cc1cccc(C2/C(=C(/O)c3cccc(Cl)c3)C(=O)C(=O)N2c2ccc(F)cc2)c1. The average Bonchev–Trinajstić information content (AvgIpc) is 2.99. The molecule has 30 heavy (non-hydrogen) atoms. The van der Waals surface area contributed by atoms with Crippen LogP contribution in [0.4, 0.5) is 10.1 Å². The summed E-state index contributed by atoms with van der Waals surface area (Å²) in [5, 5.41) is 11.4. The van der Waals surface area contributed by atoms with Crippen molar-refractivity contribution in [2.75, 3.05) is 4.90 Å². The second-order valence-electron chi connectivity index (χ2n) is 7.07. The minimum atomic E-state index is -0.866. The first-order chi connectivity index (χ1) is 14.4. The van der Waals surface area contributed by atoms with E-state index in [9.17, 15) is 19.1 Å². The number of amides is 1. The van der Waals surface area contributed by atoms with Gasteiger partial charge in [0.05, 0.1) is 11.6 Å². The van der Waals surface area contributed by atoms with Crippen LogP contribution in [-0.4, -0.2) is 16.8 Å². The van der Waals surface area contributed by atoms with Crippen LogP contribution in [-0.2, 0) is 9.59 Å². The molecule has 3 aromatic rings. The predicted molar refractivity (Wildman–Crippen MR) is 114 cm³/mol. The van der Waals surface area contributed by atoms with Crippen molar-refractivity contribution in [3.8, 4) is 0 Å². The number of rotatable bonds is 3. The number of aliphatic hydroxyl groups is 1. The fraction of sp³-hybridized carbons (Fsp3) is 0.0833. The molecule has 0 aromatic heterocycles. The topological polar surface area (TPSA) is 57.6 Å². The Labute approximate surface area is 177 Å². The molecule has 1 aliphatic rings. The Hall–Kier alpha value is -3.44. The summed E-state index contributed by atoms with van der Waals surface area (Å²) in [7, 11) is 0. The van der Waals surface area contributed by atoms with Crippen molar-refractivity contribution in [2.45, 2.75) is 13.0 Å². The summed E-state index contributed by atoms with van der Waals surface area (Å²) in [4.78, 5) is 27.3. The third-order valence-electron chi connectivity index (χ3n) is 5.01. The molecule has 0 aliphatic carbocycles. The van der Waals surface area contributed by atoms with Gasteiger partial charge >= 0.3 is 0 Å². The fourth-order valence-electron chi connectivity index (χ4n) is 3.65. The van der Waals surface area contributed by atoms with E-state index in [0.29, 0.717) is 21.8 Å². The van der Waals surface area contributed by atoms with E-state index in [1.165, 1.54) is 35.2 Å². The summed E-state index contributed by atoms with van der Waals surface area (Å²) < 4.78 is 13.5. The van der Waals surface area contributed by atoms with Crippen LogP contribution < -0.4 is 4.90 Å². The Morgan fingerprint density at radius 3 is 2.37 bits per heavy atom. The molecule has 4 nitrogen and oxygen atoms in total. The molecule has 1 heterocycles. The molecule has 0 radical (unpaired) electrons. The lowest BCUT2D eigenvalue weighted by molar-refractivity contribution is -0.132. The van der Waals surface area contributed by atoms with Gasteiger partial charge in [0.2, 0.25) is 0 Å². The number of Topliss-reactive ketones (excluding diaryl/α,β-unsaturated/α-hetero) is 1. The van der Waals surface area contributed by atoms with E-state index >= 15 is 0 Å². The zero-order valence-electron chi connectivity index (χ0n) is 16.0. The lowest BCUT2D eigenvalue weighted by atomic mass is 9.94. The second kappa shape index (κ2) is 7.76. The van der Waals surface area contributed by atoms with Crippen molar-refractivity contribution in [3.05, 3.63) is 106 Å². The van der Waals surface area contributed by atoms with Gasteiger partial charge in [-0.15, -0.1) is 0 Å². The highest BCUT2D eigenvalue weighted by Gasteiger charge is 2.47. The highest BCUT2D eigenvalue weighted by molar-refractivity contribution is 6.51. The second-order valence-corrected chi connectivity index (χ2v) is 7.51. The lowest BCUT2D eigenvalue weighted by Gasteiger charge is -2.25. The van der Waals surface area contributed by atoms with E-state index < -0.39 is 23.5 Å². The predicted octanol–water partition coefficient (Wildman–Crippen LogP) is 5.41. The zero-order chi connectivity index (χ0) is 21.4. The van der Waals surface area contributed by atoms with Gasteiger partial charge in [0.25, 0.3) is 11.7 Å². The minimum Gasteiger partial charge on any atom is -0.507 e. The van der Waals surface area contributed by atoms with E-state index in [2.05, 4.69) is 0 Å². The first-order valence-electron chi connectivity index (χ1n) is 9.26. The number of benzene rings is 3. The normalized spacial score (nSPS) is 18.1. The number of carbonyl (C=O) groups excluding carboxylic acids is 2. The Kier molecular flexibility index (Phi) is 5.14. The van der Waals surface area contributed by atoms with Crippen LogP contribution in [0, 0.1) is 12.7 Å². The molecule has 1 fully saturated rings. The van der Waals surface area contributed by atoms with Crippen LogP contribution in [0.5, 0.6) is 0 Å². The molecular weight excluding hydrogens is 405 g/mol. The van der Waals surface area contributed by atoms with E-state index in [1.54, 1.807) is 24.3 Å². The maximum absolute atomic E-state index is 13.5. The number of anilines is 1. The van der Waals surface area contributed by atoms with Gasteiger partial charge in [-0.3, -0.25) is 14.5 Å². The first-order valence-corrected chi connectivity index (χ1v) is 9.63. The maximum Gasteiger partial charge on any atom is 0.300 e. The number of aryl methyl sites for hydroxylation is 1. The molecule has 1 saturated heterocycles. The van der Waals surface area contributed by atoms with Crippen LogP contribution in [0.1, 0.15) is 22.7 Å². The smallest absolute Gasteiger partial charge is 0.300 e. The average molecular weight is 422 g/mol. The van der Waals surface area contributed by atoms with Gasteiger partial charge < -0.3 is 5.11 Å². The number of hydrogen-bond donors (Lipinski definition) is 1. The number of halogens is 2.